The fourth-order valence-electron chi connectivity index (χ4n) is 1.93. The molecule has 0 aliphatic carbocycles. The second-order valence-electron chi connectivity index (χ2n) is 4.71. The van der Waals surface area contributed by atoms with Crippen LogP contribution >= 0.6 is 0 Å². The van der Waals surface area contributed by atoms with Crippen molar-refractivity contribution in [1.29, 1.82) is 0 Å². The summed E-state index contributed by atoms with van der Waals surface area (Å²) in [6.07, 6.45) is 0.972. The summed E-state index contributed by atoms with van der Waals surface area (Å²) in [6.45, 7) is 7.12. The minimum atomic E-state index is -3.01. The fraction of sp³-hybridized carbons (Fsp3) is 0.600. The van der Waals surface area contributed by atoms with Gasteiger partial charge in [-0.25, -0.2) is 8.42 Å². The summed E-state index contributed by atoms with van der Waals surface area (Å²) < 4.78 is 29.1. The molecule has 0 aliphatic heterocycles. The van der Waals surface area contributed by atoms with Crippen LogP contribution in [0.4, 0.5) is 0 Å². The molecule has 0 bridgehead atoms. The predicted octanol–water partition coefficient (Wildman–Crippen LogP) is 2.56. The van der Waals surface area contributed by atoms with Crippen molar-refractivity contribution >= 4 is 9.84 Å². The van der Waals surface area contributed by atoms with E-state index >= 15 is 0 Å². The first-order valence-corrected chi connectivity index (χ1v) is 9.01. The van der Waals surface area contributed by atoms with E-state index in [9.17, 15) is 8.42 Å². The van der Waals surface area contributed by atoms with E-state index in [1.807, 2.05) is 31.2 Å². The van der Waals surface area contributed by atoms with Crippen LogP contribution < -0.4 is 10.1 Å². The SMILES string of the molecule is CCCNC(CS(=O)(=O)CC)c1ccc(OCC)cc1. The molecule has 0 amide bonds. The smallest absolute Gasteiger partial charge is 0.151 e. The molecule has 0 heterocycles. The molecule has 1 unspecified atom stereocenters. The Morgan fingerprint density at radius 2 is 1.80 bits per heavy atom. The molecule has 1 aromatic carbocycles. The van der Waals surface area contributed by atoms with E-state index in [2.05, 4.69) is 12.2 Å². The van der Waals surface area contributed by atoms with Crippen molar-refractivity contribution in [3.63, 3.8) is 0 Å². The van der Waals surface area contributed by atoms with Gasteiger partial charge in [-0.15, -0.1) is 0 Å². The second kappa shape index (κ2) is 8.27. The first-order chi connectivity index (χ1) is 9.52. The van der Waals surface area contributed by atoms with Gasteiger partial charge in [-0.1, -0.05) is 26.0 Å². The molecular weight excluding hydrogens is 274 g/mol. The van der Waals surface area contributed by atoms with Crippen LogP contribution in [0.2, 0.25) is 0 Å². The van der Waals surface area contributed by atoms with Crippen molar-refractivity contribution in [3.8, 4) is 5.75 Å². The highest BCUT2D eigenvalue weighted by Crippen LogP contribution is 2.19. The van der Waals surface area contributed by atoms with Gasteiger partial charge < -0.3 is 10.1 Å². The Balaban J connectivity index is 2.86. The summed E-state index contributed by atoms with van der Waals surface area (Å²) in [5, 5.41) is 3.31. The zero-order valence-electron chi connectivity index (χ0n) is 12.6. The highest BCUT2D eigenvalue weighted by Gasteiger charge is 2.18. The third kappa shape index (κ3) is 5.51. The molecular formula is C15H25NO3S. The van der Waals surface area contributed by atoms with E-state index in [4.69, 9.17) is 4.74 Å². The summed E-state index contributed by atoms with van der Waals surface area (Å²) >= 11 is 0. The van der Waals surface area contributed by atoms with Crippen molar-refractivity contribution in [2.24, 2.45) is 0 Å². The molecule has 0 saturated carbocycles. The van der Waals surface area contributed by atoms with E-state index in [1.54, 1.807) is 6.92 Å². The summed E-state index contributed by atoms with van der Waals surface area (Å²) in [5.74, 6) is 1.12. The van der Waals surface area contributed by atoms with Gasteiger partial charge in [-0.2, -0.15) is 0 Å². The molecule has 114 valence electrons. The fourth-order valence-corrected chi connectivity index (χ4v) is 2.98. The highest BCUT2D eigenvalue weighted by molar-refractivity contribution is 7.91. The van der Waals surface area contributed by atoms with E-state index in [1.165, 1.54) is 0 Å². The van der Waals surface area contributed by atoms with Gasteiger partial charge in [0.1, 0.15) is 5.75 Å². The zero-order valence-corrected chi connectivity index (χ0v) is 13.4. The molecule has 0 aliphatic rings. The molecule has 1 aromatic rings. The van der Waals surface area contributed by atoms with Crippen LogP contribution in [0.5, 0.6) is 5.75 Å². The zero-order chi connectivity index (χ0) is 15.0. The van der Waals surface area contributed by atoms with Gasteiger partial charge in [0.05, 0.1) is 12.4 Å². The lowest BCUT2D eigenvalue weighted by Crippen LogP contribution is -2.29. The predicted molar refractivity (Wildman–Crippen MR) is 83.0 cm³/mol. The number of hydrogen-bond donors (Lipinski definition) is 1. The van der Waals surface area contributed by atoms with Gasteiger partial charge in [0, 0.05) is 11.8 Å². The number of nitrogens with one attached hydrogen (secondary N) is 1. The molecule has 0 radical (unpaired) electrons. The molecule has 1 N–H and O–H groups in total. The number of hydrogen-bond acceptors (Lipinski definition) is 4. The third-order valence-electron chi connectivity index (χ3n) is 3.09. The van der Waals surface area contributed by atoms with Gasteiger partial charge in [0.25, 0.3) is 0 Å². The van der Waals surface area contributed by atoms with Gasteiger partial charge in [0.2, 0.25) is 0 Å². The molecule has 1 atom stereocenters. The highest BCUT2D eigenvalue weighted by atomic mass is 32.2. The molecule has 1 rings (SSSR count). The van der Waals surface area contributed by atoms with Crippen LogP contribution in [0.3, 0.4) is 0 Å². The lowest BCUT2D eigenvalue weighted by atomic mass is 10.1. The molecule has 0 spiro atoms. The molecule has 0 aromatic heterocycles. The third-order valence-corrected chi connectivity index (χ3v) is 4.82. The standard InChI is InChI=1S/C15H25NO3S/c1-4-11-16-15(12-20(17,18)6-3)13-7-9-14(10-8-13)19-5-2/h7-10,15-16H,4-6,11-12H2,1-3H3. The minimum Gasteiger partial charge on any atom is -0.494 e. The van der Waals surface area contributed by atoms with Crippen molar-refractivity contribution < 1.29 is 13.2 Å². The average Bonchev–Trinajstić information content (AvgIpc) is 2.45. The van der Waals surface area contributed by atoms with Gasteiger partial charge >= 0.3 is 0 Å². The van der Waals surface area contributed by atoms with E-state index in [0.29, 0.717) is 6.61 Å². The molecule has 4 nitrogen and oxygen atoms in total. The number of ether oxygens (including phenoxy) is 1. The minimum absolute atomic E-state index is 0.136. The van der Waals surface area contributed by atoms with Crippen LogP contribution in [-0.2, 0) is 9.84 Å². The van der Waals surface area contributed by atoms with E-state index in [0.717, 1.165) is 24.3 Å². The Hall–Kier alpha value is -1.07. The summed E-state index contributed by atoms with van der Waals surface area (Å²) in [7, 11) is -3.01. The first-order valence-electron chi connectivity index (χ1n) is 7.19. The van der Waals surface area contributed by atoms with Gasteiger partial charge in [-0.3, -0.25) is 0 Å². The Bertz CT molecular complexity index is 482. The number of sulfone groups is 1. The molecule has 0 saturated heterocycles. The van der Waals surface area contributed by atoms with Crippen LogP contribution in [-0.4, -0.2) is 33.1 Å². The van der Waals surface area contributed by atoms with Gasteiger partial charge in [0.15, 0.2) is 9.84 Å². The lowest BCUT2D eigenvalue weighted by molar-refractivity contribution is 0.340. The van der Waals surface area contributed by atoms with Crippen molar-refractivity contribution in [1.82, 2.24) is 5.32 Å². The van der Waals surface area contributed by atoms with Crippen molar-refractivity contribution in [2.45, 2.75) is 33.2 Å². The molecule has 5 heteroatoms. The maximum atomic E-state index is 11.9. The maximum absolute atomic E-state index is 11.9. The Morgan fingerprint density at radius 1 is 1.15 bits per heavy atom. The van der Waals surface area contributed by atoms with Crippen molar-refractivity contribution in [2.75, 3.05) is 24.7 Å². The summed E-state index contributed by atoms with van der Waals surface area (Å²) in [6, 6.07) is 7.49. The summed E-state index contributed by atoms with van der Waals surface area (Å²) in [5.41, 5.74) is 0.985. The number of rotatable bonds is 9. The van der Waals surface area contributed by atoms with Crippen LogP contribution in [0.1, 0.15) is 38.8 Å². The molecule has 20 heavy (non-hydrogen) atoms. The topological polar surface area (TPSA) is 55.4 Å². The second-order valence-corrected chi connectivity index (χ2v) is 7.11. The maximum Gasteiger partial charge on any atom is 0.151 e. The van der Waals surface area contributed by atoms with E-state index < -0.39 is 9.84 Å². The Morgan fingerprint density at radius 3 is 2.30 bits per heavy atom. The monoisotopic (exact) mass is 299 g/mol. The number of benzene rings is 1. The largest absolute Gasteiger partial charge is 0.494 e. The van der Waals surface area contributed by atoms with Crippen molar-refractivity contribution in [3.05, 3.63) is 29.8 Å². The average molecular weight is 299 g/mol. The van der Waals surface area contributed by atoms with E-state index in [-0.39, 0.29) is 17.5 Å². The first kappa shape index (κ1) is 17.0. The lowest BCUT2D eigenvalue weighted by Gasteiger charge is -2.19. The van der Waals surface area contributed by atoms with Gasteiger partial charge in [-0.05, 0) is 37.6 Å². The molecule has 0 fully saturated rings. The summed E-state index contributed by atoms with van der Waals surface area (Å²) in [4.78, 5) is 0. The van der Waals surface area contributed by atoms with Crippen LogP contribution in [0, 0.1) is 0 Å². The van der Waals surface area contributed by atoms with Crippen LogP contribution in [0.25, 0.3) is 0 Å². The normalized spacial score (nSPS) is 13.2. The quantitative estimate of drug-likeness (QED) is 0.761. The Kier molecular flexibility index (Phi) is 7.02. The van der Waals surface area contributed by atoms with Crippen LogP contribution in [0.15, 0.2) is 24.3 Å². The Labute approximate surface area is 122 Å².